The van der Waals surface area contributed by atoms with Crippen molar-refractivity contribution in [3.8, 4) is 5.75 Å². The maximum absolute atomic E-state index is 13.1. The van der Waals surface area contributed by atoms with Crippen LogP contribution in [-0.2, 0) is 11.2 Å². The number of piperazine rings is 1. The predicted molar refractivity (Wildman–Crippen MR) is 124 cm³/mol. The number of hydrogen-bond acceptors (Lipinski definition) is 7. The van der Waals surface area contributed by atoms with Gasteiger partial charge in [-0.15, -0.1) is 0 Å². The summed E-state index contributed by atoms with van der Waals surface area (Å²) in [5.74, 6) is 1.33. The number of halogens is 1. The number of carbonyl (C=O) groups is 1. The highest BCUT2D eigenvalue weighted by Gasteiger charge is 2.23. The van der Waals surface area contributed by atoms with Crippen molar-refractivity contribution in [2.45, 2.75) is 6.42 Å². The van der Waals surface area contributed by atoms with E-state index >= 15 is 0 Å². The second kappa shape index (κ2) is 9.95. The Balaban J connectivity index is 1.27. The first-order valence-corrected chi connectivity index (χ1v) is 11.2. The number of likely N-dealkylation sites (N-methyl/N-ethyl adjacent to an activating group) is 1. The zero-order valence-electron chi connectivity index (χ0n) is 18.2. The summed E-state index contributed by atoms with van der Waals surface area (Å²) >= 11 is 1.27. The van der Waals surface area contributed by atoms with Gasteiger partial charge in [0.15, 0.2) is 0 Å². The predicted octanol–water partition coefficient (Wildman–Crippen LogP) is 3.06. The quantitative estimate of drug-likeness (QED) is 0.546. The van der Waals surface area contributed by atoms with Crippen LogP contribution in [0.25, 0.3) is 0 Å². The molecule has 0 radical (unpaired) electrons. The summed E-state index contributed by atoms with van der Waals surface area (Å²) in [5.41, 5.74) is 2.08. The fourth-order valence-electron chi connectivity index (χ4n) is 3.63. The van der Waals surface area contributed by atoms with Crippen molar-refractivity contribution in [2.75, 3.05) is 56.7 Å². The smallest absolute Gasteiger partial charge is 0.242 e. The van der Waals surface area contributed by atoms with Gasteiger partial charge in [-0.25, -0.2) is 9.37 Å². The van der Waals surface area contributed by atoms with E-state index in [2.05, 4.69) is 14.3 Å². The van der Waals surface area contributed by atoms with E-state index in [4.69, 9.17) is 4.74 Å². The summed E-state index contributed by atoms with van der Waals surface area (Å²) in [6, 6.07) is 14.3. The van der Waals surface area contributed by atoms with E-state index in [9.17, 15) is 9.18 Å². The maximum atomic E-state index is 13.1. The van der Waals surface area contributed by atoms with Gasteiger partial charge in [-0.05, 0) is 42.0 Å². The molecular weight excluding hydrogens is 429 g/mol. The molecule has 1 amide bonds. The first kappa shape index (κ1) is 22.0. The van der Waals surface area contributed by atoms with E-state index in [-0.39, 0.29) is 18.3 Å². The highest BCUT2D eigenvalue weighted by Crippen LogP contribution is 2.21. The van der Waals surface area contributed by atoms with Crippen LogP contribution in [0.1, 0.15) is 11.4 Å². The Morgan fingerprint density at radius 2 is 1.78 bits per heavy atom. The number of anilines is 2. The van der Waals surface area contributed by atoms with Crippen LogP contribution in [0, 0.1) is 5.82 Å². The molecule has 168 valence electrons. The molecule has 0 N–H and O–H groups in total. The molecule has 0 bridgehead atoms. The second-order valence-corrected chi connectivity index (χ2v) is 8.45. The molecule has 2 aromatic carbocycles. The lowest BCUT2D eigenvalue weighted by molar-refractivity contribution is -0.129. The number of methoxy groups -OCH3 is 1. The van der Waals surface area contributed by atoms with Gasteiger partial charge in [0.05, 0.1) is 13.7 Å². The fraction of sp³-hybridized carbons (Fsp3) is 0.348. The average molecular weight is 456 g/mol. The first-order valence-electron chi connectivity index (χ1n) is 10.5. The minimum Gasteiger partial charge on any atom is -0.497 e. The Morgan fingerprint density at radius 3 is 2.44 bits per heavy atom. The SMILES string of the molecule is COc1ccc(N2CCN(C(=O)CN(C)c3nc(Cc4ccc(F)cc4)ns3)CC2)cc1. The number of amides is 1. The molecule has 1 aliphatic heterocycles. The zero-order chi connectivity index (χ0) is 22.5. The fourth-order valence-corrected chi connectivity index (χ4v) is 4.28. The standard InChI is InChI=1S/C23H26FN5O2S/c1-27(23-25-21(26-32-23)15-17-3-5-18(24)6-4-17)16-22(30)29-13-11-28(12-14-29)19-7-9-20(31-2)10-8-19/h3-10H,11-16H2,1-2H3. The van der Waals surface area contributed by atoms with Crippen LogP contribution in [0.2, 0.25) is 0 Å². The van der Waals surface area contributed by atoms with Crippen LogP contribution in [-0.4, -0.2) is 67.0 Å². The molecule has 4 rings (SSSR count). The largest absolute Gasteiger partial charge is 0.497 e. The van der Waals surface area contributed by atoms with Crippen LogP contribution in [0.5, 0.6) is 5.75 Å². The van der Waals surface area contributed by atoms with Crippen molar-refractivity contribution >= 4 is 28.3 Å². The molecule has 1 saturated heterocycles. The average Bonchev–Trinajstić information content (AvgIpc) is 3.29. The molecule has 0 spiro atoms. The Bertz CT molecular complexity index is 1030. The van der Waals surface area contributed by atoms with Gasteiger partial charge in [0.2, 0.25) is 11.0 Å². The highest BCUT2D eigenvalue weighted by molar-refractivity contribution is 7.09. The van der Waals surface area contributed by atoms with Crippen LogP contribution in [0.15, 0.2) is 48.5 Å². The normalized spacial score (nSPS) is 13.8. The highest BCUT2D eigenvalue weighted by atomic mass is 32.1. The molecule has 0 aliphatic carbocycles. The van der Waals surface area contributed by atoms with Crippen molar-refractivity contribution in [2.24, 2.45) is 0 Å². The number of ether oxygens (including phenoxy) is 1. The summed E-state index contributed by atoms with van der Waals surface area (Å²) < 4.78 is 22.7. The number of hydrogen-bond donors (Lipinski definition) is 0. The number of benzene rings is 2. The molecule has 0 unspecified atom stereocenters. The van der Waals surface area contributed by atoms with E-state index in [0.29, 0.717) is 30.5 Å². The van der Waals surface area contributed by atoms with Gasteiger partial charge in [0, 0.05) is 56.9 Å². The lowest BCUT2D eigenvalue weighted by Gasteiger charge is -2.36. The van der Waals surface area contributed by atoms with Crippen molar-refractivity contribution in [1.82, 2.24) is 14.3 Å². The van der Waals surface area contributed by atoms with Crippen molar-refractivity contribution < 1.29 is 13.9 Å². The number of carbonyl (C=O) groups excluding carboxylic acids is 1. The van der Waals surface area contributed by atoms with E-state index in [1.807, 2.05) is 41.1 Å². The molecule has 0 atom stereocenters. The number of rotatable bonds is 7. The lowest BCUT2D eigenvalue weighted by atomic mass is 10.1. The van der Waals surface area contributed by atoms with Gasteiger partial charge in [0.25, 0.3) is 0 Å². The van der Waals surface area contributed by atoms with Gasteiger partial charge in [0.1, 0.15) is 17.4 Å². The minimum atomic E-state index is -0.260. The number of aromatic nitrogens is 2. The Kier molecular flexibility index (Phi) is 6.84. The molecule has 9 heteroatoms. The molecule has 1 aliphatic rings. The van der Waals surface area contributed by atoms with Crippen LogP contribution in [0.4, 0.5) is 15.2 Å². The zero-order valence-corrected chi connectivity index (χ0v) is 19.0. The van der Waals surface area contributed by atoms with Crippen molar-refractivity contribution in [1.29, 1.82) is 0 Å². The minimum absolute atomic E-state index is 0.0807. The summed E-state index contributed by atoms with van der Waals surface area (Å²) in [4.78, 5) is 23.4. The van der Waals surface area contributed by atoms with E-state index in [0.717, 1.165) is 30.1 Å². The topological polar surface area (TPSA) is 61.8 Å². The maximum Gasteiger partial charge on any atom is 0.242 e. The van der Waals surface area contributed by atoms with E-state index in [1.54, 1.807) is 19.2 Å². The summed E-state index contributed by atoms with van der Waals surface area (Å²) in [5, 5.41) is 0.701. The van der Waals surface area contributed by atoms with Gasteiger partial charge in [-0.1, -0.05) is 12.1 Å². The summed E-state index contributed by atoms with van der Waals surface area (Å²) in [6.07, 6.45) is 0.534. The summed E-state index contributed by atoms with van der Waals surface area (Å²) in [6.45, 7) is 3.22. The molecular formula is C23H26FN5O2S. The first-order chi connectivity index (χ1) is 15.5. The molecule has 0 saturated carbocycles. The van der Waals surface area contributed by atoms with Crippen LogP contribution >= 0.6 is 11.5 Å². The molecule has 1 aromatic heterocycles. The van der Waals surface area contributed by atoms with Gasteiger partial charge in [-0.2, -0.15) is 4.37 Å². The van der Waals surface area contributed by atoms with Gasteiger partial charge >= 0.3 is 0 Å². The molecule has 1 fully saturated rings. The van der Waals surface area contributed by atoms with Crippen LogP contribution < -0.4 is 14.5 Å². The van der Waals surface area contributed by atoms with Crippen molar-refractivity contribution in [3.63, 3.8) is 0 Å². The van der Waals surface area contributed by atoms with E-state index in [1.165, 1.54) is 23.7 Å². The van der Waals surface area contributed by atoms with Crippen molar-refractivity contribution in [3.05, 3.63) is 65.7 Å². The van der Waals surface area contributed by atoms with E-state index < -0.39 is 0 Å². The summed E-state index contributed by atoms with van der Waals surface area (Å²) in [7, 11) is 3.51. The van der Waals surface area contributed by atoms with Gasteiger partial charge in [-0.3, -0.25) is 4.79 Å². The Morgan fingerprint density at radius 1 is 1.09 bits per heavy atom. The molecule has 7 nitrogen and oxygen atoms in total. The second-order valence-electron chi connectivity index (χ2n) is 7.72. The monoisotopic (exact) mass is 455 g/mol. The van der Waals surface area contributed by atoms with Gasteiger partial charge < -0.3 is 19.4 Å². The third kappa shape index (κ3) is 5.34. The third-order valence-corrected chi connectivity index (χ3v) is 6.37. The van der Waals surface area contributed by atoms with Crippen LogP contribution in [0.3, 0.4) is 0 Å². The lowest BCUT2D eigenvalue weighted by Crippen LogP contribution is -2.51. The Hall–Kier alpha value is -3.20. The molecule has 2 heterocycles. The molecule has 32 heavy (non-hydrogen) atoms. The molecule has 3 aromatic rings. The third-order valence-electron chi connectivity index (χ3n) is 5.50. The number of nitrogens with zero attached hydrogens (tertiary/aromatic N) is 5. The Labute approximate surface area is 191 Å².